The summed E-state index contributed by atoms with van der Waals surface area (Å²) in [5, 5.41) is 0. The number of hydrogen-bond acceptors (Lipinski definition) is 2. The normalized spacial score (nSPS) is 12.6. The van der Waals surface area contributed by atoms with E-state index < -0.39 is 0 Å². The van der Waals surface area contributed by atoms with Crippen molar-refractivity contribution in [3.63, 3.8) is 0 Å². The third-order valence-corrected chi connectivity index (χ3v) is 7.86. The maximum Gasteiger partial charge on any atom is 0.0372 e. The average Bonchev–Trinajstić information content (AvgIpc) is 2.74. The van der Waals surface area contributed by atoms with Gasteiger partial charge in [-0.15, -0.1) is 0 Å². The predicted molar refractivity (Wildman–Crippen MR) is 129 cm³/mol. The third kappa shape index (κ3) is 9.61. The first-order valence-electron chi connectivity index (χ1n) is 13.1. The predicted octanol–water partition coefficient (Wildman–Crippen LogP) is 8.69. The monoisotopic (exact) mass is 396 g/mol. The molecule has 28 heavy (non-hydrogen) atoms. The Morgan fingerprint density at radius 2 is 0.857 bits per heavy atom. The Morgan fingerprint density at radius 1 is 0.500 bits per heavy atom. The molecule has 0 fully saturated rings. The standard InChI is InChI=1S/C26H56N2/c1-6-11-12-13-14-15-16-17-18-19-20-21-22-23-24-25(7-2,8-3)26(9-4,10-5)28-27/h28H,6-24,27H2,1-5H3. The summed E-state index contributed by atoms with van der Waals surface area (Å²) in [6, 6.07) is 0. The zero-order valence-electron chi connectivity index (χ0n) is 20.5. The molecule has 0 heterocycles. The molecule has 3 N–H and O–H groups in total. The van der Waals surface area contributed by atoms with Crippen molar-refractivity contribution < 1.29 is 0 Å². The molecule has 0 aliphatic heterocycles. The van der Waals surface area contributed by atoms with Gasteiger partial charge in [-0.2, -0.15) is 0 Å². The highest BCUT2D eigenvalue weighted by Gasteiger charge is 2.45. The smallest absolute Gasteiger partial charge is 0.0372 e. The van der Waals surface area contributed by atoms with Crippen LogP contribution in [0.2, 0.25) is 0 Å². The molecular weight excluding hydrogens is 340 g/mol. The van der Waals surface area contributed by atoms with Crippen LogP contribution in [-0.4, -0.2) is 5.54 Å². The fourth-order valence-corrected chi connectivity index (χ4v) is 5.53. The third-order valence-electron chi connectivity index (χ3n) is 7.86. The molecule has 0 amide bonds. The van der Waals surface area contributed by atoms with Crippen molar-refractivity contribution in [2.24, 2.45) is 11.3 Å². The molecule has 0 aromatic carbocycles. The van der Waals surface area contributed by atoms with Gasteiger partial charge in [0.2, 0.25) is 0 Å². The topological polar surface area (TPSA) is 38.0 Å². The largest absolute Gasteiger partial charge is 0.271 e. The molecule has 0 unspecified atom stereocenters. The first kappa shape index (κ1) is 27.9. The minimum atomic E-state index is 0.104. The van der Waals surface area contributed by atoms with Gasteiger partial charge < -0.3 is 0 Å². The van der Waals surface area contributed by atoms with Crippen LogP contribution < -0.4 is 11.3 Å². The number of rotatable bonds is 21. The summed E-state index contributed by atoms with van der Waals surface area (Å²) in [5.74, 6) is 6.07. The molecule has 0 radical (unpaired) electrons. The van der Waals surface area contributed by atoms with Crippen molar-refractivity contribution in [2.75, 3.05) is 0 Å². The second-order valence-corrected chi connectivity index (χ2v) is 9.27. The number of nitrogens with one attached hydrogen (secondary N) is 1. The van der Waals surface area contributed by atoms with Gasteiger partial charge in [-0.25, -0.2) is 0 Å². The van der Waals surface area contributed by atoms with Gasteiger partial charge in [-0.3, -0.25) is 11.3 Å². The highest BCUT2D eigenvalue weighted by molar-refractivity contribution is 5.00. The van der Waals surface area contributed by atoms with Crippen LogP contribution in [0.4, 0.5) is 0 Å². The lowest BCUT2D eigenvalue weighted by Crippen LogP contribution is -2.60. The Labute approximate surface area is 179 Å². The van der Waals surface area contributed by atoms with Crippen molar-refractivity contribution in [3.8, 4) is 0 Å². The molecule has 0 spiro atoms. The van der Waals surface area contributed by atoms with Crippen molar-refractivity contribution >= 4 is 0 Å². The first-order valence-corrected chi connectivity index (χ1v) is 13.1. The SMILES string of the molecule is CCCCCCCCCCCCCCCCC(CC)(CC)C(CC)(CC)NN. The molecule has 0 rings (SSSR count). The Kier molecular flexibility index (Phi) is 17.7. The number of hydrogen-bond donors (Lipinski definition) is 2. The summed E-state index contributed by atoms with van der Waals surface area (Å²) in [4.78, 5) is 0. The number of hydrazine groups is 1. The van der Waals surface area contributed by atoms with Crippen LogP contribution in [0.5, 0.6) is 0 Å². The summed E-state index contributed by atoms with van der Waals surface area (Å²) in [5.41, 5.74) is 3.71. The second-order valence-electron chi connectivity index (χ2n) is 9.27. The van der Waals surface area contributed by atoms with E-state index in [1.807, 2.05) is 0 Å². The van der Waals surface area contributed by atoms with Crippen molar-refractivity contribution in [2.45, 2.75) is 162 Å². The lowest BCUT2D eigenvalue weighted by atomic mass is 9.61. The van der Waals surface area contributed by atoms with Gasteiger partial charge in [0.1, 0.15) is 0 Å². The first-order chi connectivity index (χ1) is 13.6. The van der Waals surface area contributed by atoms with Gasteiger partial charge in [0.05, 0.1) is 0 Å². The van der Waals surface area contributed by atoms with Gasteiger partial charge in [0.25, 0.3) is 0 Å². The quantitative estimate of drug-likeness (QED) is 0.116. The summed E-state index contributed by atoms with van der Waals surface area (Å²) in [7, 11) is 0. The van der Waals surface area contributed by atoms with Crippen LogP contribution in [0.3, 0.4) is 0 Å². The Hall–Kier alpha value is -0.0800. The molecule has 0 aromatic rings. The van der Waals surface area contributed by atoms with Gasteiger partial charge in [-0.1, -0.05) is 125 Å². The molecular formula is C26H56N2. The molecule has 0 aliphatic carbocycles. The van der Waals surface area contributed by atoms with Crippen molar-refractivity contribution in [3.05, 3.63) is 0 Å². The number of unbranched alkanes of at least 4 members (excludes halogenated alkanes) is 13. The zero-order chi connectivity index (χ0) is 21.1. The maximum absolute atomic E-state index is 6.07. The fourth-order valence-electron chi connectivity index (χ4n) is 5.53. The van der Waals surface area contributed by atoms with E-state index in [1.54, 1.807) is 0 Å². The molecule has 2 heteroatoms. The van der Waals surface area contributed by atoms with Crippen molar-refractivity contribution in [1.82, 2.24) is 5.43 Å². The van der Waals surface area contributed by atoms with Gasteiger partial charge in [0.15, 0.2) is 0 Å². The second kappa shape index (κ2) is 17.8. The summed E-state index contributed by atoms with van der Waals surface area (Å²) < 4.78 is 0. The zero-order valence-corrected chi connectivity index (χ0v) is 20.5. The Bertz CT molecular complexity index is 310. The molecule has 0 bridgehead atoms. The lowest BCUT2D eigenvalue weighted by molar-refractivity contribution is 0.0468. The summed E-state index contributed by atoms with van der Waals surface area (Å²) in [6.07, 6.45) is 26.1. The van der Waals surface area contributed by atoms with E-state index in [9.17, 15) is 0 Å². The molecule has 170 valence electrons. The van der Waals surface area contributed by atoms with Crippen LogP contribution in [0.25, 0.3) is 0 Å². The molecule has 0 saturated heterocycles. The summed E-state index contributed by atoms with van der Waals surface area (Å²) in [6.45, 7) is 11.6. The lowest BCUT2D eigenvalue weighted by Gasteiger charge is -2.50. The molecule has 0 aliphatic rings. The Morgan fingerprint density at radius 3 is 1.14 bits per heavy atom. The summed E-state index contributed by atoms with van der Waals surface area (Å²) >= 11 is 0. The van der Waals surface area contributed by atoms with Crippen molar-refractivity contribution in [1.29, 1.82) is 0 Å². The minimum absolute atomic E-state index is 0.104. The highest BCUT2D eigenvalue weighted by atomic mass is 15.3. The Balaban J connectivity index is 3.85. The van der Waals surface area contributed by atoms with E-state index in [0.29, 0.717) is 5.41 Å². The van der Waals surface area contributed by atoms with E-state index in [1.165, 1.54) is 109 Å². The van der Waals surface area contributed by atoms with E-state index in [-0.39, 0.29) is 5.54 Å². The van der Waals surface area contributed by atoms with Crippen LogP contribution in [-0.2, 0) is 0 Å². The van der Waals surface area contributed by atoms with Crippen LogP contribution in [0.1, 0.15) is 157 Å². The van der Waals surface area contributed by atoms with Gasteiger partial charge in [-0.05, 0) is 37.5 Å². The molecule has 0 aromatic heterocycles. The van der Waals surface area contributed by atoms with Crippen LogP contribution in [0.15, 0.2) is 0 Å². The van der Waals surface area contributed by atoms with Gasteiger partial charge in [0, 0.05) is 5.54 Å². The fraction of sp³-hybridized carbons (Fsp3) is 1.00. The van der Waals surface area contributed by atoms with E-state index in [2.05, 4.69) is 40.0 Å². The highest BCUT2D eigenvalue weighted by Crippen LogP contribution is 2.46. The average molecular weight is 397 g/mol. The van der Waals surface area contributed by atoms with Crippen LogP contribution in [0, 0.1) is 5.41 Å². The number of nitrogens with two attached hydrogens (primary N) is 1. The van der Waals surface area contributed by atoms with E-state index in [0.717, 1.165) is 12.8 Å². The van der Waals surface area contributed by atoms with Gasteiger partial charge >= 0.3 is 0 Å². The molecule has 0 atom stereocenters. The maximum atomic E-state index is 6.07. The minimum Gasteiger partial charge on any atom is -0.271 e. The molecule has 2 nitrogen and oxygen atoms in total. The molecule has 0 saturated carbocycles. The van der Waals surface area contributed by atoms with E-state index >= 15 is 0 Å². The van der Waals surface area contributed by atoms with Crippen LogP contribution >= 0.6 is 0 Å². The van der Waals surface area contributed by atoms with E-state index in [4.69, 9.17) is 5.84 Å².